The van der Waals surface area contributed by atoms with E-state index in [1.807, 2.05) is 0 Å². The molecule has 0 aromatic heterocycles. The SMILES string of the molecule is CCC1(N=C(N)C(C)(C)C)CCC1. The Labute approximate surface area is 81.6 Å². The predicted octanol–water partition coefficient (Wildman–Crippen LogP) is 2.72. The first kappa shape index (κ1) is 10.6. The Bertz CT molecular complexity index is 201. The van der Waals surface area contributed by atoms with Gasteiger partial charge in [-0.1, -0.05) is 27.7 Å². The van der Waals surface area contributed by atoms with Gasteiger partial charge in [0.15, 0.2) is 0 Å². The second-order valence-electron chi connectivity index (χ2n) is 5.18. The molecule has 1 fully saturated rings. The van der Waals surface area contributed by atoms with Gasteiger partial charge in [0.2, 0.25) is 0 Å². The Balaban J connectivity index is 2.73. The smallest absolute Gasteiger partial charge is 0.0998 e. The summed E-state index contributed by atoms with van der Waals surface area (Å²) in [5.74, 6) is 0.814. The molecule has 0 aromatic carbocycles. The summed E-state index contributed by atoms with van der Waals surface area (Å²) in [7, 11) is 0. The molecule has 1 aliphatic rings. The van der Waals surface area contributed by atoms with Gasteiger partial charge in [0.05, 0.1) is 11.4 Å². The molecule has 0 spiro atoms. The molecule has 2 heteroatoms. The van der Waals surface area contributed by atoms with E-state index in [1.165, 1.54) is 19.3 Å². The monoisotopic (exact) mass is 182 g/mol. The molecule has 13 heavy (non-hydrogen) atoms. The first-order valence-corrected chi connectivity index (χ1v) is 5.25. The molecular formula is C11H22N2. The number of hydrogen-bond donors (Lipinski definition) is 1. The predicted molar refractivity (Wildman–Crippen MR) is 58.0 cm³/mol. The lowest BCUT2D eigenvalue weighted by Gasteiger charge is -2.39. The van der Waals surface area contributed by atoms with E-state index in [0.717, 1.165) is 12.3 Å². The summed E-state index contributed by atoms with van der Waals surface area (Å²) < 4.78 is 0. The molecular weight excluding hydrogens is 160 g/mol. The highest BCUT2D eigenvalue weighted by molar-refractivity contribution is 5.85. The first-order valence-electron chi connectivity index (χ1n) is 5.25. The average Bonchev–Trinajstić information content (AvgIpc) is 1.94. The molecule has 0 aromatic rings. The molecule has 0 aliphatic heterocycles. The molecule has 0 radical (unpaired) electrons. The second kappa shape index (κ2) is 3.32. The fraction of sp³-hybridized carbons (Fsp3) is 0.909. The Hall–Kier alpha value is -0.530. The van der Waals surface area contributed by atoms with E-state index in [2.05, 4.69) is 27.7 Å². The van der Waals surface area contributed by atoms with Crippen LogP contribution in [0.1, 0.15) is 53.4 Å². The maximum absolute atomic E-state index is 5.97. The number of hydrogen-bond acceptors (Lipinski definition) is 1. The number of nitrogens with zero attached hydrogens (tertiary/aromatic N) is 1. The van der Waals surface area contributed by atoms with E-state index in [4.69, 9.17) is 10.7 Å². The maximum Gasteiger partial charge on any atom is 0.0998 e. The minimum atomic E-state index is 0.0256. The van der Waals surface area contributed by atoms with E-state index in [9.17, 15) is 0 Å². The Morgan fingerprint density at radius 3 is 2.15 bits per heavy atom. The highest BCUT2D eigenvalue weighted by atomic mass is 15.0. The lowest BCUT2D eigenvalue weighted by molar-refractivity contribution is 0.241. The van der Waals surface area contributed by atoms with Crippen LogP contribution in [0.3, 0.4) is 0 Å². The summed E-state index contributed by atoms with van der Waals surface area (Å²) in [6.45, 7) is 8.56. The fourth-order valence-electron chi connectivity index (χ4n) is 1.55. The third kappa shape index (κ3) is 2.23. The lowest BCUT2D eigenvalue weighted by atomic mass is 9.75. The molecule has 2 nitrogen and oxygen atoms in total. The van der Waals surface area contributed by atoms with E-state index >= 15 is 0 Å². The van der Waals surface area contributed by atoms with Gasteiger partial charge in [-0.2, -0.15) is 0 Å². The highest BCUT2D eigenvalue weighted by Crippen LogP contribution is 2.39. The van der Waals surface area contributed by atoms with Crippen LogP contribution in [0, 0.1) is 5.41 Å². The van der Waals surface area contributed by atoms with Crippen molar-refractivity contribution in [1.29, 1.82) is 0 Å². The van der Waals surface area contributed by atoms with Crippen molar-refractivity contribution in [2.24, 2.45) is 16.1 Å². The molecule has 0 saturated heterocycles. The van der Waals surface area contributed by atoms with E-state index < -0.39 is 0 Å². The van der Waals surface area contributed by atoms with Crippen molar-refractivity contribution in [3.05, 3.63) is 0 Å². The van der Waals surface area contributed by atoms with Crippen LogP contribution >= 0.6 is 0 Å². The van der Waals surface area contributed by atoms with Crippen molar-refractivity contribution >= 4 is 5.84 Å². The van der Waals surface area contributed by atoms with E-state index in [-0.39, 0.29) is 11.0 Å². The second-order valence-corrected chi connectivity index (χ2v) is 5.18. The van der Waals surface area contributed by atoms with Gasteiger partial charge in [0, 0.05) is 5.41 Å². The molecule has 0 heterocycles. The molecule has 0 amide bonds. The molecule has 2 N–H and O–H groups in total. The molecule has 1 rings (SSSR count). The number of rotatable bonds is 2. The minimum Gasteiger partial charge on any atom is -0.387 e. The summed E-state index contributed by atoms with van der Waals surface area (Å²) >= 11 is 0. The standard InChI is InChI=1S/C11H22N2/c1-5-11(7-6-8-11)13-9(12)10(2,3)4/h5-8H2,1-4H3,(H2,12,13). The van der Waals surface area contributed by atoms with Gasteiger partial charge in [-0.05, 0) is 25.7 Å². The van der Waals surface area contributed by atoms with Crippen LogP contribution in [-0.4, -0.2) is 11.4 Å². The average molecular weight is 182 g/mol. The number of amidine groups is 1. The zero-order valence-electron chi connectivity index (χ0n) is 9.35. The van der Waals surface area contributed by atoms with Crippen molar-refractivity contribution in [2.75, 3.05) is 0 Å². The molecule has 0 unspecified atom stereocenters. The molecule has 76 valence electrons. The fourth-order valence-corrected chi connectivity index (χ4v) is 1.55. The van der Waals surface area contributed by atoms with E-state index in [1.54, 1.807) is 0 Å². The third-order valence-electron chi connectivity index (χ3n) is 3.07. The van der Waals surface area contributed by atoms with Crippen molar-refractivity contribution in [3.8, 4) is 0 Å². The Kier molecular flexibility index (Phi) is 2.69. The summed E-state index contributed by atoms with van der Waals surface area (Å²) in [5.41, 5.74) is 6.20. The summed E-state index contributed by atoms with van der Waals surface area (Å²) in [4.78, 5) is 4.70. The van der Waals surface area contributed by atoms with Crippen molar-refractivity contribution in [2.45, 2.75) is 58.9 Å². The topological polar surface area (TPSA) is 38.4 Å². The minimum absolute atomic E-state index is 0.0256. The Morgan fingerprint density at radius 1 is 1.38 bits per heavy atom. The van der Waals surface area contributed by atoms with Gasteiger partial charge in [0.1, 0.15) is 0 Å². The molecule has 1 saturated carbocycles. The highest BCUT2D eigenvalue weighted by Gasteiger charge is 2.35. The number of nitrogens with two attached hydrogens (primary N) is 1. The van der Waals surface area contributed by atoms with Crippen LogP contribution in [0.2, 0.25) is 0 Å². The lowest BCUT2D eigenvalue weighted by Crippen LogP contribution is -2.40. The van der Waals surface area contributed by atoms with Crippen LogP contribution in [0.4, 0.5) is 0 Å². The van der Waals surface area contributed by atoms with Crippen LogP contribution < -0.4 is 5.73 Å². The molecule has 1 aliphatic carbocycles. The van der Waals surface area contributed by atoms with Crippen LogP contribution in [0.5, 0.6) is 0 Å². The zero-order valence-corrected chi connectivity index (χ0v) is 9.35. The van der Waals surface area contributed by atoms with Gasteiger partial charge < -0.3 is 5.73 Å². The third-order valence-corrected chi connectivity index (χ3v) is 3.07. The summed E-state index contributed by atoms with van der Waals surface area (Å²) in [6, 6.07) is 0. The molecule has 0 bridgehead atoms. The quantitative estimate of drug-likeness (QED) is 0.517. The van der Waals surface area contributed by atoms with E-state index in [0.29, 0.717) is 0 Å². The van der Waals surface area contributed by atoms with Crippen LogP contribution in [-0.2, 0) is 0 Å². The van der Waals surface area contributed by atoms with Crippen LogP contribution in [0.15, 0.2) is 4.99 Å². The van der Waals surface area contributed by atoms with Crippen LogP contribution in [0.25, 0.3) is 0 Å². The van der Waals surface area contributed by atoms with Gasteiger partial charge in [-0.15, -0.1) is 0 Å². The number of aliphatic imine (C=N–C) groups is 1. The van der Waals surface area contributed by atoms with Gasteiger partial charge in [-0.25, -0.2) is 0 Å². The summed E-state index contributed by atoms with van der Waals surface area (Å²) in [6.07, 6.45) is 4.89. The maximum atomic E-state index is 5.97. The first-order chi connectivity index (χ1) is 5.90. The van der Waals surface area contributed by atoms with Crippen molar-refractivity contribution in [1.82, 2.24) is 0 Å². The normalized spacial score (nSPS) is 22.6. The zero-order chi connectivity index (χ0) is 10.1. The van der Waals surface area contributed by atoms with Crippen molar-refractivity contribution < 1.29 is 0 Å². The summed E-state index contributed by atoms with van der Waals surface area (Å²) in [5, 5.41) is 0. The van der Waals surface area contributed by atoms with Gasteiger partial charge in [-0.3, -0.25) is 4.99 Å². The van der Waals surface area contributed by atoms with Gasteiger partial charge in [0.25, 0.3) is 0 Å². The largest absolute Gasteiger partial charge is 0.387 e. The van der Waals surface area contributed by atoms with Gasteiger partial charge >= 0.3 is 0 Å². The molecule has 0 atom stereocenters. The Morgan fingerprint density at radius 2 is 1.92 bits per heavy atom. The van der Waals surface area contributed by atoms with Crippen molar-refractivity contribution in [3.63, 3.8) is 0 Å².